The van der Waals surface area contributed by atoms with Gasteiger partial charge in [-0.2, -0.15) is 0 Å². The van der Waals surface area contributed by atoms with Crippen LogP contribution in [0.15, 0.2) is 65.2 Å². The van der Waals surface area contributed by atoms with E-state index in [-0.39, 0.29) is 24.9 Å². The van der Waals surface area contributed by atoms with E-state index in [4.69, 9.17) is 13.9 Å². The third-order valence-corrected chi connectivity index (χ3v) is 5.17. The Morgan fingerprint density at radius 2 is 1.78 bits per heavy atom. The fourth-order valence-corrected chi connectivity index (χ4v) is 3.57. The summed E-state index contributed by atoms with van der Waals surface area (Å²) in [4.78, 5) is 27.8. The van der Waals surface area contributed by atoms with Crippen LogP contribution < -0.4 is 10.6 Å². The largest absolute Gasteiger partial charge is 0.445 e. The average Bonchev–Trinajstić information content (AvgIpc) is 3.48. The lowest BCUT2D eigenvalue weighted by atomic mass is 10.1. The molecule has 0 spiro atoms. The first-order valence-corrected chi connectivity index (χ1v) is 11.6. The van der Waals surface area contributed by atoms with E-state index in [1.54, 1.807) is 20.8 Å². The van der Waals surface area contributed by atoms with Crippen LogP contribution in [0.5, 0.6) is 0 Å². The van der Waals surface area contributed by atoms with Gasteiger partial charge in [0.05, 0.1) is 6.54 Å². The summed E-state index contributed by atoms with van der Waals surface area (Å²) >= 11 is 0. The van der Waals surface area contributed by atoms with Gasteiger partial charge in [0.25, 0.3) is 0 Å². The summed E-state index contributed by atoms with van der Waals surface area (Å²) in [5.41, 5.74) is 2.18. The van der Waals surface area contributed by atoms with E-state index in [1.807, 2.05) is 60.8 Å². The Kier molecular flexibility index (Phi) is 7.53. The molecule has 10 nitrogen and oxygen atoms in total. The van der Waals surface area contributed by atoms with Gasteiger partial charge in [-0.1, -0.05) is 48.5 Å². The molecular weight excluding hydrogens is 462 g/mol. The molecule has 2 aromatic heterocycles. The number of rotatable bonds is 8. The number of aromatic amines is 1. The van der Waals surface area contributed by atoms with Crippen molar-refractivity contribution in [1.29, 1.82) is 0 Å². The fraction of sp³-hybridized carbons (Fsp3) is 0.308. The summed E-state index contributed by atoms with van der Waals surface area (Å²) in [6, 6.07) is 16.6. The molecule has 3 N–H and O–H groups in total. The zero-order valence-electron chi connectivity index (χ0n) is 20.4. The van der Waals surface area contributed by atoms with Gasteiger partial charge in [0.15, 0.2) is 0 Å². The summed E-state index contributed by atoms with van der Waals surface area (Å²) in [5, 5.41) is 14.6. The van der Waals surface area contributed by atoms with Crippen LogP contribution in [0, 0.1) is 0 Å². The number of alkyl carbamates (subject to hydrolysis) is 2. The van der Waals surface area contributed by atoms with Crippen LogP contribution in [0.1, 0.15) is 49.7 Å². The Balaban J connectivity index is 1.46. The van der Waals surface area contributed by atoms with Gasteiger partial charge in [0, 0.05) is 23.5 Å². The van der Waals surface area contributed by atoms with Crippen molar-refractivity contribution in [1.82, 2.24) is 25.8 Å². The van der Waals surface area contributed by atoms with Crippen LogP contribution in [-0.2, 0) is 29.0 Å². The van der Waals surface area contributed by atoms with Gasteiger partial charge in [-0.3, -0.25) is 0 Å². The first kappa shape index (κ1) is 24.8. The number of nitrogens with zero attached hydrogens (tertiary/aromatic N) is 2. The minimum absolute atomic E-state index is 0.0137. The van der Waals surface area contributed by atoms with Crippen LogP contribution >= 0.6 is 0 Å². The van der Waals surface area contributed by atoms with Gasteiger partial charge < -0.3 is 29.5 Å². The smallest absolute Gasteiger partial charge is 0.408 e. The molecule has 0 saturated carbocycles. The van der Waals surface area contributed by atoms with Gasteiger partial charge in [0.1, 0.15) is 18.2 Å². The van der Waals surface area contributed by atoms with E-state index >= 15 is 0 Å². The highest BCUT2D eigenvalue weighted by atomic mass is 16.6. The van der Waals surface area contributed by atoms with Crippen LogP contribution in [0.2, 0.25) is 0 Å². The van der Waals surface area contributed by atoms with Gasteiger partial charge >= 0.3 is 12.2 Å². The Hall–Kier alpha value is -4.34. The van der Waals surface area contributed by atoms with Crippen molar-refractivity contribution in [2.75, 3.05) is 0 Å². The summed E-state index contributed by atoms with van der Waals surface area (Å²) < 4.78 is 16.4. The molecule has 0 fully saturated rings. The van der Waals surface area contributed by atoms with Crippen LogP contribution in [0.3, 0.4) is 0 Å². The van der Waals surface area contributed by atoms with Crippen LogP contribution in [-0.4, -0.2) is 33.0 Å². The fourth-order valence-electron chi connectivity index (χ4n) is 3.57. The zero-order valence-corrected chi connectivity index (χ0v) is 20.4. The van der Waals surface area contributed by atoms with Crippen LogP contribution in [0.4, 0.5) is 9.59 Å². The normalized spacial score (nSPS) is 12.2. The number of benzene rings is 2. The lowest BCUT2D eigenvalue weighted by molar-refractivity contribution is 0.0518. The van der Waals surface area contributed by atoms with Gasteiger partial charge in [-0.05, 0) is 38.0 Å². The number of para-hydroxylation sites is 1. The lowest BCUT2D eigenvalue weighted by Crippen LogP contribution is -2.32. The molecule has 36 heavy (non-hydrogen) atoms. The van der Waals surface area contributed by atoms with E-state index in [0.29, 0.717) is 6.42 Å². The first-order valence-electron chi connectivity index (χ1n) is 11.6. The van der Waals surface area contributed by atoms with Crippen molar-refractivity contribution in [3.05, 3.63) is 83.7 Å². The van der Waals surface area contributed by atoms with Crippen molar-refractivity contribution in [2.45, 2.75) is 52.0 Å². The van der Waals surface area contributed by atoms with E-state index in [2.05, 4.69) is 25.8 Å². The molecule has 2 heterocycles. The minimum atomic E-state index is -0.657. The van der Waals surface area contributed by atoms with Crippen molar-refractivity contribution >= 4 is 23.1 Å². The molecule has 1 unspecified atom stereocenters. The number of amides is 2. The number of H-pyrrole nitrogens is 1. The summed E-state index contributed by atoms with van der Waals surface area (Å²) in [7, 11) is 0. The van der Waals surface area contributed by atoms with Crippen molar-refractivity contribution in [2.24, 2.45) is 0 Å². The monoisotopic (exact) mass is 491 g/mol. The third kappa shape index (κ3) is 6.84. The Morgan fingerprint density at radius 1 is 1.03 bits per heavy atom. The van der Waals surface area contributed by atoms with Crippen molar-refractivity contribution < 1.29 is 23.5 Å². The summed E-state index contributed by atoms with van der Waals surface area (Å²) in [6.07, 6.45) is 1.05. The number of aromatic nitrogens is 3. The van der Waals surface area contributed by atoms with Gasteiger partial charge in [-0.15, -0.1) is 10.2 Å². The molecule has 10 heteroatoms. The topological polar surface area (TPSA) is 131 Å². The SMILES string of the molecule is CC(C)(C)OC(=O)NCc1nnc(C(Cc2c[nH]c3ccccc23)NC(=O)OCc2ccccc2)o1. The molecule has 4 rings (SSSR count). The van der Waals surface area contributed by atoms with Gasteiger partial charge in [0.2, 0.25) is 11.8 Å². The Bertz CT molecular complexity index is 1310. The van der Waals surface area contributed by atoms with Gasteiger partial charge in [-0.25, -0.2) is 9.59 Å². The molecule has 4 aromatic rings. The number of hydrogen-bond acceptors (Lipinski definition) is 7. The Labute approximate surface area is 208 Å². The maximum Gasteiger partial charge on any atom is 0.408 e. The number of hydrogen-bond donors (Lipinski definition) is 3. The quantitative estimate of drug-likeness (QED) is 0.323. The highest BCUT2D eigenvalue weighted by Gasteiger charge is 2.24. The number of nitrogens with one attached hydrogen (secondary N) is 3. The predicted molar refractivity (Wildman–Crippen MR) is 132 cm³/mol. The van der Waals surface area contributed by atoms with E-state index in [9.17, 15) is 9.59 Å². The van der Waals surface area contributed by atoms with E-state index in [0.717, 1.165) is 22.0 Å². The summed E-state index contributed by atoms with van der Waals surface area (Å²) in [6.45, 7) is 5.43. The molecule has 188 valence electrons. The highest BCUT2D eigenvalue weighted by Crippen LogP contribution is 2.24. The molecule has 0 radical (unpaired) electrons. The molecular formula is C26H29N5O5. The van der Waals surface area contributed by atoms with Crippen molar-refractivity contribution in [3.8, 4) is 0 Å². The Morgan fingerprint density at radius 3 is 2.56 bits per heavy atom. The second-order valence-electron chi connectivity index (χ2n) is 9.21. The predicted octanol–water partition coefficient (Wildman–Crippen LogP) is 4.79. The lowest BCUT2D eigenvalue weighted by Gasteiger charge is -2.19. The number of carbonyl (C=O) groups is 2. The summed E-state index contributed by atoms with van der Waals surface area (Å²) in [5.74, 6) is 0.372. The molecule has 2 aromatic carbocycles. The number of fused-ring (bicyclic) bond motifs is 1. The maximum atomic E-state index is 12.6. The number of carbonyl (C=O) groups excluding carboxylic acids is 2. The molecule has 1 atom stereocenters. The first-order chi connectivity index (χ1) is 17.3. The molecule has 0 aliphatic heterocycles. The molecule has 0 saturated heterocycles. The third-order valence-electron chi connectivity index (χ3n) is 5.17. The molecule has 0 aliphatic rings. The average molecular weight is 492 g/mol. The molecule has 0 aliphatic carbocycles. The van der Waals surface area contributed by atoms with E-state index in [1.165, 1.54) is 0 Å². The number of ether oxygens (including phenoxy) is 2. The molecule has 0 bridgehead atoms. The highest BCUT2D eigenvalue weighted by molar-refractivity contribution is 5.83. The standard InChI is InChI=1S/C26H29N5O5/c1-26(2,3)36-24(32)28-15-22-30-31-23(35-22)21(13-18-14-27-20-12-8-7-11-19(18)20)29-25(33)34-16-17-9-5-4-6-10-17/h4-12,14,21,27H,13,15-16H2,1-3H3,(H,28,32)(H,29,33). The molecule has 2 amide bonds. The van der Waals surface area contributed by atoms with E-state index < -0.39 is 23.8 Å². The minimum Gasteiger partial charge on any atom is -0.445 e. The maximum absolute atomic E-state index is 12.6. The second kappa shape index (κ2) is 10.9. The van der Waals surface area contributed by atoms with Crippen LogP contribution in [0.25, 0.3) is 10.9 Å². The zero-order chi connectivity index (χ0) is 25.5. The second-order valence-corrected chi connectivity index (χ2v) is 9.21. The van der Waals surface area contributed by atoms with Crippen molar-refractivity contribution in [3.63, 3.8) is 0 Å².